The van der Waals surface area contributed by atoms with E-state index in [1.807, 2.05) is 60.7 Å². The molecule has 0 aliphatic heterocycles. The molecule has 1 aromatic heterocycles. The highest BCUT2D eigenvalue weighted by Crippen LogP contribution is 2.16. The Morgan fingerprint density at radius 3 is 2.27 bits per heavy atom. The van der Waals surface area contributed by atoms with E-state index in [0.717, 1.165) is 11.3 Å². The number of hydrogen-bond acceptors (Lipinski definition) is 4. The molecule has 0 aliphatic carbocycles. The van der Waals surface area contributed by atoms with Crippen molar-refractivity contribution >= 4 is 17.8 Å². The Balaban J connectivity index is 1.59. The predicted molar refractivity (Wildman–Crippen MR) is 128 cm³/mol. The van der Waals surface area contributed by atoms with E-state index >= 15 is 0 Å². The molecule has 1 amide bonds. The maximum Gasteiger partial charge on any atom is 0.272 e. The summed E-state index contributed by atoms with van der Waals surface area (Å²) in [6, 6.07) is 26.0. The fraction of sp³-hybridized carbons (Fsp3) is 0.0741. The van der Waals surface area contributed by atoms with Gasteiger partial charge in [0.05, 0.1) is 12.8 Å². The number of methoxy groups -OCH3 is 1. The van der Waals surface area contributed by atoms with E-state index in [0.29, 0.717) is 23.4 Å². The molecule has 0 aliphatic rings. The zero-order chi connectivity index (χ0) is 23.0. The number of amides is 1. The predicted octanol–water partition coefficient (Wildman–Crippen LogP) is 4.71. The van der Waals surface area contributed by atoms with Gasteiger partial charge in [0.15, 0.2) is 11.5 Å². The molecule has 1 N–H and O–H groups in total. The zero-order valence-corrected chi connectivity index (χ0v) is 18.1. The molecule has 1 heterocycles. The van der Waals surface area contributed by atoms with E-state index in [-0.39, 0.29) is 17.4 Å². The van der Waals surface area contributed by atoms with Gasteiger partial charge in [0.25, 0.3) is 5.91 Å². The van der Waals surface area contributed by atoms with Gasteiger partial charge < -0.3 is 10.1 Å². The van der Waals surface area contributed by atoms with Crippen molar-refractivity contribution in [3.05, 3.63) is 120 Å². The van der Waals surface area contributed by atoms with Crippen LogP contribution < -0.4 is 10.1 Å². The number of ketones is 1. The van der Waals surface area contributed by atoms with Crippen molar-refractivity contribution in [3.8, 4) is 11.4 Å². The first-order valence-electron chi connectivity index (χ1n) is 10.5. The average Bonchev–Trinajstić information content (AvgIpc) is 3.31. The molecule has 6 heteroatoms. The summed E-state index contributed by atoms with van der Waals surface area (Å²) >= 11 is 0. The van der Waals surface area contributed by atoms with Gasteiger partial charge in [0.2, 0.25) is 0 Å². The van der Waals surface area contributed by atoms with Crippen molar-refractivity contribution in [3.63, 3.8) is 0 Å². The maximum atomic E-state index is 12.9. The molecular formula is C27H23N3O3. The van der Waals surface area contributed by atoms with Crippen molar-refractivity contribution in [1.29, 1.82) is 0 Å². The molecule has 33 heavy (non-hydrogen) atoms. The molecule has 0 saturated carbocycles. The van der Waals surface area contributed by atoms with Gasteiger partial charge in [0.1, 0.15) is 5.75 Å². The highest BCUT2D eigenvalue weighted by molar-refractivity contribution is 6.07. The quantitative estimate of drug-likeness (QED) is 0.320. The molecule has 4 rings (SSSR count). The molecule has 0 fully saturated rings. The Morgan fingerprint density at radius 1 is 0.939 bits per heavy atom. The summed E-state index contributed by atoms with van der Waals surface area (Å²) in [5.74, 6) is 0.183. The van der Waals surface area contributed by atoms with Gasteiger partial charge in [0, 0.05) is 23.9 Å². The molecule has 3 aromatic carbocycles. The first-order chi connectivity index (χ1) is 16.1. The molecule has 0 spiro atoms. The largest absolute Gasteiger partial charge is 0.497 e. The molecule has 0 unspecified atom stereocenters. The molecule has 0 saturated heterocycles. The second-order valence-corrected chi connectivity index (χ2v) is 7.31. The summed E-state index contributed by atoms with van der Waals surface area (Å²) in [5.41, 5.74) is 3.12. The Morgan fingerprint density at radius 2 is 1.61 bits per heavy atom. The van der Waals surface area contributed by atoms with Crippen LogP contribution in [0.2, 0.25) is 0 Å². The zero-order valence-electron chi connectivity index (χ0n) is 18.1. The number of aromatic nitrogens is 2. The van der Waals surface area contributed by atoms with Gasteiger partial charge >= 0.3 is 0 Å². The van der Waals surface area contributed by atoms with Crippen molar-refractivity contribution in [2.45, 2.75) is 6.54 Å². The lowest BCUT2D eigenvalue weighted by Gasteiger charge is -2.04. The van der Waals surface area contributed by atoms with E-state index in [2.05, 4.69) is 10.4 Å². The smallest absolute Gasteiger partial charge is 0.272 e. The highest BCUT2D eigenvalue weighted by Gasteiger charge is 2.16. The Hall–Kier alpha value is -4.45. The van der Waals surface area contributed by atoms with E-state index in [9.17, 15) is 9.59 Å². The minimum Gasteiger partial charge on any atom is -0.497 e. The van der Waals surface area contributed by atoms with Crippen LogP contribution in [0.25, 0.3) is 11.8 Å². The minimum absolute atomic E-state index is 0.180. The van der Waals surface area contributed by atoms with Crippen LogP contribution in [0.15, 0.2) is 97.2 Å². The van der Waals surface area contributed by atoms with E-state index in [1.54, 1.807) is 48.3 Å². The third-order valence-corrected chi connectivity index (χ3v) is 5.06. The van der Waals surface area contributed by atoms with E-state index < -0.39 is 0 Å². The second-order valence-electron chi connectivity index (χ2n) is 7.31. The Bertz CT molecular complexity index is 1260. The van der Waals surface area contributed by atoms with Crippen LogP contribution in [0, 0.1) is 0 Å². The van der Waals surface area contributed by atoms with Gasteiger partial charge in [-0.25, -0.2) is 4.68 Å². The first-order valence-corrected chi connectivity index (χ1v) is 10.5. The molecule has 0 bridgehead atoms. The lowest BCUT2D eigenvalue weighted by Crippen LogP contribution is -2.24. The number of allylic oxidation sites excluding steroid dienone is 1. The van der Waals surface area contributed by atoms with Crippen molar-refractivity contribution in [2.75, 3.05) is 7.11 Å². The molecular weight excluding hydrogens is 414 g/mol. The summed E-state index contributed by atoms with van der Waals surface area (Å²) in [4.78, 5) is 25.6. The van der Waals surface area contributed by atoms with Gasteiger partial charge in [-0.3, -0.25) is 9.59 Å². The highest BCUT2D eigenvalue weighted by atomic mass is 16.5. The minimum atomic E-state index is -0.315. The molecule has 0 atom stereocenters. The molecule has 4 aromatic rings. The summed E-state index contributed by atoms with van der Waals surface area (Å²) < 4.78 is 6.77. The molecule has 164 valence electrons. The Kier molecular flexibility index (Phi) is 6.75. The van der Waals surface area contributed by atoms with Gasteiger partial charge in [-0.2, -0.15) is 5.10 Å². The van der Waals surface area contributed by atoms with Crippen molar-refractivity contribution in [2.24, 2.45) is 0 Å². The SMILES string of the molecule is COc1ccc(C(=O)/C=C/c2cn(-c3ccccc3)nc2C(=O)NCc2ccccc2)cc1. The van der Waals surface area contributed by atoms with Crippen LogP contribution in [0.5, 0.6) is 5.75 Å². The lowest BCUT2D eigenvalue weighted by molar-refractivity contribution is 0.0944. The number of ether oxygens (including phenoxy) is 1. The summed E-state index contributed by atoms with van der Waals surface area (Å²) in [6.45, 7) is 0.381. The summed E-state index contributed by atoms with van der Waals surface area (Å²) in [6.07, 6.45) is 4.81. The fourth-order valence-corrected chi connectivity index (χ4v) is 3.28. The van der Waals surface area contributed by atoms with Crippen molar-refractivity contribution < 1.29 is 14.3 Å². The third-order valence-electron chi connectivity index (χ3n) is 5.06. The second kappa shape index (κ2) is 10.2. The van der Waals surface area contributed by atoms with E-state index in [4.69, 9.17) is 4.74 Å². The monoisotopic (exact) mass is 437 g/mol. The van der Waals surface area contributed by atoms with Gasteiger partial charge in [-0.1, -0.05) is 48.5 Å². The van der Waals surface area contributed by atoms with Crippen molar-refractivity contribution in [1.82, 2.24) is 15.1 Å². The van der Waals surface area contributed by atoms with Crippen LogP contribution in [-0.4, -0.2) is 28.6 Å². The number of hydrogen-bond donors (Lipinski definition) is 1. The maximum absolute atomic E-state index is 12.9. The average molecular weight is 437 g/mol. The first kappa shape index (κ1) is 21.8. The Labute approximate surface area is 192 Å². The standard InChI is InChI=1S/C27H23N3O3/c1-33-24-15-12-21(13-16-24)25(31)17-14-22-19-30(23-10-6-3-7-11-23)29-26(22)27(32)28-18-20-8-4-2-5-9-20/h2-17,19H,18H2,1H3,(H,28,32)/b17-14+. The number of carbonyl (C=O) groups excluding carboxylic acids is 2. The van der Waals surface area contributed by atoms with E-state index in [1.165, 1.54) is 6.08 Å². The molecule has 0 radical (unpaired) electrons. The lowest BCUT2D eigenvalue weighted by atomic mass is 10.1. The number of para-hydroxylation sites is 1. The summed E-state index contributed by atoms with van der Waals surface area (Å²) in [5, 5.41) is 7.40. The van der Waals surface area contributed by atoms with Gasteiger partial charge in [-0.15, -0.1) is 0 Å². The summed E-state index contributed by atoms with van der Waals surface area (Å²) in [7, 11) is 1.57. The molecule has 6 nitrogen and oxygen atoms in total. The van der Waals surface area contributed by atoms with Crippen LogP contribution >= 0.6 is 0 Å². The van der Waals surface area contributed by atoms with Crippen LogP contribution in [0.3, 0.4) is 0 Å². The number of nitrogens with zero attached hydrogens (tertiary/aromatic N) is 2. The fourth-order valence-electron chi connectivity index (χ4n) is 3.28. The van der Waals surface area contributed by atoms with Crippen LogP contribution in [0.4, 0.5) is 0 Å². The van der Waals surface area contributed by atoms with Gasteiger partial charge in [-0.05, 0) is 54.1 Å². The normalized spacial score (nSPS) is 10.8. The van der Waals surface area contributed by atoms with Crippen LogP contribution in [-0.2, 0) is 6.54 Å². The number of benzene rings is 3. The number of rotatable bonds is 8. The third kappa shape index (κ3) is 5.43. The van der Waals surface area contributed by atoms with Crippen LogP contribution in [0.1, 0.15) is 32.0 Å². The number of nitrogens with one attached hydrogen (secondary N) is 1. The topological polar surface area (TPSA) is 73.2 Å². The number of carbonyl (C=O) groups is 2.